The fourth-order valence-electron chi connectivity index (χ4n) is 3.64. The maximum absolute atomic E-state index is 11.3. The first kappa shape index (κ1) is 21.5. The Morgan fingerprint density at radius 1 is 0.969 bits per heavy atom. The molecule has 1 N–H and O–H groups in total. The number of hydrogen-bond donors (Lipinski definition) is 1. The van der Waals surface area contributed by atoms with Gasteiger partial charge in [0, 0.05) is 29.5 Å². The van der Waals surface area contributed by atoms with Crippen LogP contribution in [0.25, 0.3) is 22.2 Å². The van der Waals surface area contributed by atoms with Crippen molar-refractivity contribution in [2.75, 3.05) is 6.61 Å². The van der Waals surface area contributed by atoms with E-state index < -0.39 is 12.1 Å². The van der Waals surface area contributed by atoms with Crippen molar-refractivity contribution in [3.63, 3.8) is 0 Å². The molecule has 5 nitrogen and oxygen atoms in total. The highest BCUT2D eigenvalue weighted by molar-refractivity contribution is 5.85. The second-order valence-electron chi connectivity index (χ2n) is 7.47. The van der Waals surface area contributed by atoms with Gasteiger partial charge in [0.05, 0.1) is 11.2 Å². The van der Waals surface area contributed by atoms with Crippen molar-refractivity contribution in [2.24, 2.45) is 0 Å². The number of benzene rings is 3. The molecule has 1 atom stereocenters. The Hall–Kier alpha value is -3.70. The van der Waals surface area contributed by atoms with Crippen molar-refractivity contribution in [3.05, 3.63) is 96.1 Å². The van der Waals surface area contributed by atoms with Crippen molar-refractivity contribution in [1.82, 2.24) is 4.98 Å². The largest absolute Gasteiger partial charge is 0.489 e. The van der Waals surface area contributed by atoms with E-state index >= 15 is 0 Å². The first-order chi connectivity index (χ1) is 15.6. The monoisotopic (exact) mass is 427 g/mol. The van der Waals surface area contributed by atoms with E-state index in [0.29, 0.717) is 19.6 Å². The predicted octanol–water partition coefficient (Wildman–Crippen LogP) is 5.51. The normalized spacial score (nSPS) is 11.9. The fraction of sp³-hybridized carbons (Fsp3) is 0.185. The maximum atomic E-state index is 11.3. The number of aliphatic carboxylic acids is 1. The molecule has 4 rings (SSSR count). The average molecular weight is 428 g/mol. The molecular weight excluding hydrogens is 402 g/mol. The summed E-state index contributed by atoms with van der Waals surface area (Å²) in [5.41, 5.74) is 4.85. The molecule has 5 heteroatoms. The molecule has 3 aromatic carbocycles. The van der Waals surface area contributed by atoms with E-state index in [4.69, 9.17) is 14.5 Å². The molecule has 0 fully saturated rings. The number of pyridine rings is 1. The Labute approximate surface area is 187 Å². The van der Waals surface area contributed by atoms with Crippen LogP contribution in [0.5, 0.6) is 5.75 Å². The smallest absolute Gasteiger partial charge is 0.333 e. The van der Waals surface area contributed by atoms with Crippen molar-refractivity contribution < 1.29 is 19.4 Å². The standard InChI is InChI=1S/C27H25NO4/c1-2-31-26(27(29)30)16-19-12-14-22(15-13-19)32-18-21-17-25(20-8-4-3-5-9-20)28-24-11-7-6-10-23(21)24/h3-15,17,26H,2,16,18H2,1H3,(H,29,30). The molecule has 0 aliphatic heterocycles. The SMILES string of the molecule is CCOC(Cc1ccc(OCc2cc(-c3ccccc3)nc3ccccc23)cc1)C(=O)O. The van der Waals surface area contributed by atoms with Gasteiger partial charge < -0.3 is 14.6 Å². The number of aromatic nitrogens is 1. The molecule has 0 saturated heterocycles. The van der Waals surface area contributed by atoms with E-state index in [1.54, 1.807) is 6.92 Å². The van der Waals surface area contributed by atoms with E-state index in [0.717, 1.165) is 39.0 Å². The minimum atomic E-state index is -0.953. The Kier molecular flexibility index (Phi) is 6.78. The average Bonchev–Trinajstić information content (AvgIpc) is 2.83. The first-order valence-electron chi connectivity index (χ1n) is 10.6. The molecule has 162 valence electrons. The number of carbonyl (C=O) groups is 1. The summed E-state index contributed by atoms with van der Waals surface area (Å²) in [6.45, 7) is 2.56. The van der Waals surface area contributed by atoms with Crippen LogP contribution in [0.1, 0.15) is 18.1 Å². The summed E-state index contributed by atoms with van der Waals surface area (Å²) in [5.74, 6) is -0.231. The molecule has 0 bridgehead atoms. The third-order valence-corrected chi connectivity index (χ3v) is 5.25. The van der Waals surface area contributed by atoms with Gasteiger partial charge in [-0.15, -0.1) is 0 Å². The molecule has 1 aromatic heterocycles. The molecule has 0 amide bonds. The number of rotatable bonds is 9. The predicted molar refractivity (Wildman–Crippen MR) is 125 cm³/mol. The summed E-state index contributed by atoms with van der Waals surface area (Å²) in [6.07, 6.45) is -0.523. The van der Waals surface area contributed by atoms with Crippen LogP contribution >= 0.6 is 0 Å². The van der Waals surface area contributed by atoms with Gasteiger partial charge in [0.1, 0.15) is 12.4 Å². The zero-order valence-corrected chi connectivity index (χ0v) is 17.9. The van der Waals surface area contributed by atoms with Crippen molar-refractivity contribution in [1.29, 1.82) is 0 Å². The Morgan fingerprint density at radius 3 is 2.41 bits per heavy atom. The minimum absolute atomic E-state index is 0.318. The number of carboxylic acids is 1. The Bertz CT molecular complexity index is 1190. The summed E-state index contributed by atoms with van der Waals surface area (Å²) < 4.78 is 11.4. The molecule has 0 radical (unpaired) electrons. The maximum Gasteiger partial charge on any atom is 0.333 e. The molecule has 32 heavy (non-hydrogen) atoms. The minimum Gasteiger partial charge on any atom is -0.489 e. The van der Waals surface area contributed by atoms with Crippen LogP contribution in [0.2, 0.25) is 0 Å². The van der Waals surface area contributed by atoms with Crippen LogP contribution < -0.4 is 4.74 Å². The van der Waals surface area contributed by atoms with Crippen LogP contribution in [0.15, 0.2) is 84.9 Å². The third kappa shape index (κ3) is 5.13. The number of fused-ring (bicyclic) bond motifs is 1. The molecule has 1 heterocycles. The van der Waals surface area contributed by atoms with Crippen molar-refractivity contribution in [3.8, 4) is 17.0 Å². The zero-order valence-electron chi connectivity index (χ0n) is 17.9. The quantitative estimate of drug-likeness (QED) is 0.381. The van der Waals surface area contributed by atoms with Crippen LogP contribution in [0.3, 0.4) is 0 Å². The Balaban J connectivity index is 1.52. The van der Waals surface area contributed by atoms with Gasteiger partial charge in [0.15, 0.2) is 6.10 Å². The second kappa shape index (κ2) is 10.1. The Morgan fingerprint density at radius 2 is 1.69 bits per heavy atom. The highest BCUT2D eigenvalue weighted by Crippen LogP contribution is 2.26. The topological polar surface area (TPSA) is 68.7 Å². The van der Waals surface area contributed by atoms with Gasteiger partial charge in [-0.3, -0.25) is 0 Å². The van der Waals surface area contributed by atoms with E-state index in [1.807, 2.05) is 72.8 Å². The summed E-state index contributed by atoms with van der Waals surface area (Å²) >= 11 is 0. The fourth-order valence-corrected chi connectivity index (χ4v) is 3.64. The summed E-state index contributed by atoms with van der Waals surface area (Å²) in [7, 11) is 0. The van der Waals surface area contributed by atoms with Crippen LogP contribution in [-0.4, -0.2) is 28.8 Å². The zero-order chi connectivity index (χ0) is 22.3. The number of para-hydroxylation sites is 1. The number of hydrogen-bond acceptors (Lipinski definition) is 4. The number of carboxylic acid groups (broad SMARTS) is 1. The molecule has 0 aliphatic carbocycles. The molecule has 1 unspecified atom stereocenters. The lowest BCUT2D eigenvalue weighted by molar-refractivity contribution is -0.149. The summed E-state index contributed by atoms with van der Waals surface area (Å²) in [4.78, 5) is 16.1. The third-order valence-electron chi connectivity index (χ3n) is 5.25. The van der Waals surface area contributed by atoms with Crippen LogP contribution in [-0.2, 0) is 22.6 Å². The molecule has 0 spiro atoms. The van der Waals surface area contributed by atoms with Crippen molar-refractivity contribution in [2.45, 2.75) is 26.1 Å². The van der Waals surface area contributed by atoms with E-state index in [9.17, 15) is 9.90 Å². The molecule has 0 saturated carbocycles. The lowest BCUT2D eigenvalue weighted by Gasteiger charge is -2.14. The van der Waals surface area contributed by atoms with E-state index in [2.05, 4.69) is 12.1 Å². The van der Waals surface area contributed by atoms with Crippen LogP contribution in [0.4, 0.5) is 0 Å². The van der Waals surface area contributed by atoms with Gasteiger partial charge >= 0.3 is 5.97 Å². The first-order valence-corrected chi connectivity index (χ1v) is 10.6. The van der Waals surface area contributed by atoms with Gasteiger partial charge in [-0.25, -0.2) is 9.78 Å². The lowest BCUT2D eigenvalue weighted by atomic mass is 10.0. The molecular formula is C27H25NO4. The van der Waals surface area contributed by atoms with Gasteiger partial charge in [0.25, 0.3) is 0 Å². The van der Waals surface area contributed by atoms with Crippen LogP contribution in [0, 0.1) is 0 Å². The van der Waals surface area contributed by atoms with Gasteiger partial charge in [-0.2, -0.15) is 0 Å². The molecule has 0 aliphatic rings. The molecule has 4 aromatic rings. The summed E-state index contributed by atoms with van der Waals surface area (Å²) in [6, 6.07) is 27.7. The van der Waals surface area contributed by atoms with Crippen molar-refractivity contribution >= 4 is 16.9 Å². The number of ether oxygens (including phenoxy) is 2. The lowest BCUT2D eigenvalue weighted by Crippen LogP contribution is -2.26. The van der Waals surface area contributed by atoms with Gasteiger partial charge in [-0.1, -0.05) is 60.7 Å². The summed E-state index contributed by atoms with van der Waals surface area (Å²) in [5, 5.41) is 10.3. The van der Waals surface area contributed by atoms with E-state index in [-0.39, 0.29) is 0 Å². The van der Waals surface area contributed by atoms with E-state index in [1.165, 1.54) is 0 Å². The van der Waals surface area contributed by atoms with Gasteiger partial charge in [0.2, 0.25) is 0 Å². The highest BCUT2D eigenvalue weighted by atomic mass is 16.5. The highest BCUT2D eigenvalue weighted by Gasteiger charge is 2.18. The number of nitrogens with zero attached hydrogens (tertiary/aromatic N) is 1. The second-order valence-corrected chi connectivity index (χ2v) is 7.47. The van der Waals surface area contributed by atoms with Gasteiger partial charge in [-0.05, 0) is 36.8 Å².